The lowest BCUT2D eigenvalue weighted by atomic mass is 9.75. The fourth-order valence-corrected chi connectivity index (χ4v) is 4.14. The summed E-state index contributed by atoms with van der Waals surface area (Å²) >= 11 is 0. The maximum absolute atomic E-state index is 12.0. The number of carboxylic acids is 1. The lowest BCUT2D eigenvalue weighted by molar-refractivity contribution is -0.146. The second-order valence-electron chi connectivity index (χ2n) is 7.04. The van der Waals surface area contributed by atoms with Crippen LogP contribution < -0.4 is 16.2 Å². The summed E-state index contributed by atoms with van der Waals surface area (Å²) in [5, 5.41) is 13.5. The van der Waals surface area contributed by atoms with Gasteiger partial charge in [-0.1, -0.05) is 60.2 Å². The van der Waals surface area contributed by atoms with E-state index >= 15 is 0 Å². The maximum Gasteiger partial charge on any atom is 0.307 e. The Morgan fingerprint density at radius 1 is 1.00 bits per heavy atom. The molecule has 5 nitrogen and oxygen atoms in total. The molecule has 2 aromatic carbocycles. The average molecular weight is 337 g/mol. The van der Waals surface area contributed by atoms with Crippen LogP contribution in [0.1, 0.15) is 35.2 Å². The molecule has 2 saturated heterocycles. The average Bonchev–Trinajstić information content (AvgIpc) is 3.06. The van der Waals surface area contributed by atoms with Crippen LogP contribution in [0.3, 0.4) is 0 Å². The van der Waals surface area contributed by atoms with Gasteiger partial charge in [0.1, 0.15) is 0 Å². The molecule has 25 heavy (non-hydrogen) atoms. The van der Waals surface area contributed by atoms with Gasteiger partial charge in [-0.2, -0.15) is 0 Å². The normalized spacial score (nSPS) is 31.5. The Labute approximate surface area is 147 Å². The van der Waals surface area contributed by atoms with E-state index < -0.39 is 11.9 Å². The minimum Gasteiger partial charge on any atom is -0.481 e. The van der Waals surface area contributed by atoms with Crippen molar-refractivity contribution in [1.82, 2.24) is 16.2 Å². The summed E-state index contributed by atoms with van der Waals surface area (Å²) < 4.78 is 0. The van der Waals surface area contributed by atoms with E-state index in [1.165, 1.54) is 5.56 Å². The van der Waals surface area contributed by atoms with Crippen LogP contribution in [0.25, 0.3) is 0 Å². The first kappa shape index (κ1) is 16.3. The predicted molar refractivity (Wildman–Crippen MR) is 95.5 cm³/mol. The largest absolute Gasteiger partial charge is 0.481 e. The fourth-order valence-electron chi connectivity index (χ4n) is 4.14. The zero-order chi connectivity index (χ0) is 17.4. The summed E-state index contributed by atoms with van der Waals surface area (Å²) in [6.45, 7) is 2.06. The zero-order valence-electron chi connectivity index (χ0n) is 14.1. The van der Waals surface area contributed by atoms with Crippen LogP contribution in [-0.4, -0.2) is 17.2 Å². The molecule has 4 rings (SSSR count). The van der Waals surface area contributed by atoms with Gasteiger partial charge in [-0.25, -0.2) is 10.9 Å². The molecule has 0 aromatic heterocycles. The van der Waals surface area contributed by atoms with Crippen LogP contribution in [0.2, 0.25) is 0 Å². The van der Waals surface area contributed by atoms with Crippen molar-refractivity contribution in [2.75, 3.05) is 0 Å². The zero-order valence-corrected chi connectivity index (χ0v) is 14.1. The quantitative estimate of drug-likeness (QED) is 0.693. The van der Waals surface area contributed by atoms with E-state index in [-0.39, 0.29) is 24.2 Å². The van der Waals surface area contributed by atoms with Crippen molar-refractivity contribution < 1.29 is 9.90 Å². The molecule has 2 fully saturated rings. The van der Waals surface area contributed by atoms with Gasteiger partial charge in [-0.05, 0) is 24.5 Å². The molecule has 0 amide bonds. The second-order valence-corrected chi connectivity index (χ2v) is 7.04. The van der Waals surface area contributed by atoms with E-state index in [1.54, 1.807) is 0 Å². The summed E-state index contributed by atoms with van der Waals surface area (Å²) in [6, 6.07) is 18.4. The van der Waals surface area contributed by atoms with E-state index in [9.17, 15) is 9.90 Å². The lowest BCUT2D eigenvalue weighted by Gasteiger charge is -2.39. The van der Waals surface area contributed by atoms with Crippen LogP contribution in [-0.2, 0) is 4.79 Å². The SMILES string of the molecule is Cc1ccc(C2CC(C(=O)O)C3C(NNC3c3ccccc3)N2)cc1. The van der Waals surface area contributed by atoms with Gasteiger partial charge in [-0.3, -0.25) is 10.1 Å². The smallest absolute Gasteiger partial charge is 0.307 e. The highest BCUT2D eigenvalue weighted by Crippen LogP contribution is 2.42. The Morgan fingerprint density at radius 2 is 1.72 bits per heavy atom. The molecule has 2 heterocycles. The fraction of sp³-hybridized carbons (Fsp3) is 0.350. The van der Waals surface area contributed by atoms with Gasteiger partial charge in [-0.15, -0.1) is 0 Å². The summed E-state index contributed by atoms with van der Waals surface area (Å²) in [5.41, 5.74) is 10.0. The van der Waals surface area contributed by atoms with Gasteiger partial charge in [0.2, 0.25) is 0 Å². The third kappa shape index (κ3) is 3.06. The maximum atomic E-state index is 12.0. The topological polar surface area (TPSA) is 73.4 Å². The third-order valence-electron chi connectivity index (χ3n) is 5.45. The molecule has 5 atom stereocenters. The molecule has 5 unspecified atom stereocenters. The Hall–Kier alpha value is -2.21. The van der Waals surface area contributed by atoms with Gasteiger partial charge >= 0.3 is 5.97 Å². The number of hydrogen-bond donors (Lipinski definition) is 4. The van der Waals surface area contributed by atoms with Crippen molar-refractivity contribution in [1.29, 1.82) is 0 Å². The summed E-state index contributed by atoms with van der Waals surface area (Å²) in [5.74, 6) is -1.17. The van der Waals surface area contributed by atoms with Crippen molar-refractivity contribution in [3.63, 3.8) is 0 Å². The van der Waals surface area contributed by atoms with E-state index in [4.69, 9.17) is 0 Å². The molecule has 0 spiro atoms. The first-order valence-corrected chi connectivity index (χ1v) is 8.75. The molecule has 2 aromatic rings. The summed E-state index contributed by atoms with van der Waals surface area (Å²) in [7, 11) is 0. The number of aryl methyl sites for hydroxylation is 1. The van der Waals surface area contributed by atoms with Crippen molar-refractivity contribution in [3.05, 3.63) is 71.3 Å². The predicted octanol–water partition coefficient (Wildman–Crippen LogP) is 2.52. The molecule has 0 saturated carbocycles. The van der Waals surface area contributed by atoms with Gasteiger partial charge in [0, 0.05) is 12.0 Å². The molecule has 5 heteroatoms. The molecule has 0 bridgehead atoms. The number of hydrazine groups is 1. The number of carboxylic acid groups (broad SMARTS) is 1. The van der Waals surface area contributed by atoms with E-state index in [0.717, 1.165) is 11.1 Å². The van der Waals surface area contributed by atoms with Crippen LogP contribution in [0.4, 0.5) is 0 Å². The number of piperidine rings is 1. The number of carbonyl (C=O) groups is 1. The Balaban J connectivity index is 1.62. The van der Waals surface area contributed by atoms with Gasteiger partial charge < -0.3 is 5.11 Å². The standard InChI is InChI=1S/C20H23N3O2/c1-12-7-9-13(10-8-12)16-11-15(20(24)25)17-18(22-23-19(17)21-16)14-5-3-2-4-6-14/h2-10,15-19,21-23H,11H2,1H3,(H,24,25). The first-order valence-electron chi connectivity index (χ1n) is 8.75. The Kier molecular flexibility index (Phi) is 4.29. The monoisotopic (exact) mass is 337 g/mol. The van der Waals surface area contributed by atoms with Crippen molar-refractivity contribution >= 4 is 5.97 Å². The Bertz CT molecular complexity index is 747. The van der Waals surface area contributed by atoms with Crippen LogP contribution >= 0.6 is 0 Å². The molecule has 130 valence electrons. The van der Waals surface area contributed by atoms with Gasteiger partial charge in [0.05, 0.1) is 18.1 Å². The van der Waals surface area contributed by atoms with Crippen molar-refractivity contribution in [2.24, 2.45) is 11.8 Å². The summed E-state index contributed by atoms with van der Waals surface area (Å²) in [6.07, 6.45) is 0.512. The first-order chi connectivity index (χ1) is 12.1. The molecular formula is C20H23N3O2. The second kappa shape index (κ2) is 6.59. The van der Waals surface area contributed by atoms with Crippen LogP contribution in [0.5, 0.6) is 0 Å². The molecule has 2 aliphatic rings. The van der Waals surface area contributed by atoms with Crippen molar-refractivity contribution in [3.8, 4) is 0 Å². The lowest BCUT2D eigenvalue weighted by Crippen LogP contribution is -2.53. The number of rotatable bonds is 3. The molecule has 2 aliphatic heterocycles. The number of aliphatic carboxylic acids is 1. The number of nitrogens with one attached hydrogen (secondary N) is 3. The van der Waals surface area contributed by atoms with E-state index in [0.29, 0.717) is 6.42 Å². The summed E-state index contributed by atoms with van der Waals surface area (Å²) in [4.78, 5) is 12.0. The number of benzene rings is 2. The van der Waals surface area contributed by atoms with Gasteiger partial charge in [0.15, 0.2) is 0 Å². The number of fused-ring (bicyclic) bond motifs is 1. The molecular weight excluding hydrogens is 314 g/mol. The highest BCUT2D eigenvalue weighted by atomic mass is 16.4. The van der Waals surface area contributed by atoms with Crippen LogP contribution in [0.15, 0.2) is 54.6 Å². The van der Waals surface area contributed by atoms with Crippen LogP contribution in [0, 0.1) is 18.8 Å². The van der Waals surface area contributed by atoms with E-state index in [2.05, 4.69) is 47.4 Å². The highest BCUT2D eigenvalue weighted by molar-refractivity contribution is 5.71. The van der Waals surface area contributed by atoms with Gasteiger partial charge in [0.25, 0.3) is 0 Å². The minimum atomic E-state index is -0.722. The molecule has 4 N–H and O–H groups in total. The van der Waals surface area contributed by atoms with E-state index in [1.807, 2.05) is 30.3 Å². The third-order valence-corrected chi connectivity index (χ3v) is 5.45. The highest BCUT2D eigenvalue weighted by Gasteiger charge is 2.49. The molecule has 0 radical (unpaired) electrons. The number of hydrogen-bond acceptors (Lipinski definition) is 4. The molecule has 0 aliphatic carbocycles. The minimum absolute atomic E-state index is 0.0150. The Morgan fingerprint density at radius 3 is 2.40 bits per heavy atom. The van der Waals surface area contributed by atoms with Crippen molar-refractivity contribution in [2.45, 2.75) is 31.6 Å².